The van der Waals surface area contributed by atoms with Crippen molar-refractivity contribution < 1.29 is 33.4 Å². The van der Waals surface area contributed by atoms with Gasteiger partial charge in [0.2, 0.25) is 29.5 Å². The van der Waals surface area contributed by atoms with Crippen molar-refractivity contribution in [1.29, 1.82) is 0 Å². The van der Waals surface area contributed by atoms with Gasteiger partial charge in [0.15, 0.2) is 17.3 Å². The van der Waals surface area contributed by atoms with Crippen LogP contribution in [0.2, 0.25) is 0 Å². The molecule has 0 radical (unpaired) electrons. The Morgan fingerprint density at radius 2 is 1.56 bits per heavy atom. The Balaban J connectivity index is 1.45. The van der Waals surface area contributed by atoms with Crippen molar-refractivity contribution in [2.75, 3.05) is 33.9 Å². The Morgan fingerprint density at radius 1 is 0.855 bits per heavy atom. The summed E-state index contributed by atoms with van der Waals surface area (Å²) < 4.78 is 12.5. The van der Waals surface area contributed by atoms with Crippen LogP contribution in [0.3, 0.4) is 0 Å². The molecule has 15 heteroatoms. The van der Waals surface area contributed by atoms with E-state index in [9.17, 15) is 24.0 Å². The predicted octanol–water partition coefficient (Wildman–Crippen LogP) is 3.04. The highest BCUT2D eigenvalue weighted by Gasteiger charge is 2.45. The van der Waals surface area contributed by atoms with Gasteiger partial charge in [0, 0.05) is 18.7 Å². The van der Waals surface area contributed by atoms with Crippen LogP contribution in [0.15, 0.2) is 48.5 Å². The number of hydrogen-bond donors (Lipinski definition) is 4. The fraction of sp³-hybridized carbons (Fsp3) is 0.525. The number of rotatable bonds is 7. The monoisotopic (exact) mass is 758 g/mol. The molecule has 296 valence electrons. The third kappa shape index (κ3) is 9.80. The summed E-state index contributed by atoms with van der Waals surface area (Å²) in [5.74, 6) is -0.222. The van der Waals surface area contributed by atoms with Crippen molar-refractivity contribution in [2.24, 2.45) is 5.92 Å². The number of amides is 5. The van der Waals surface area contributed by atoms with Crippen molar-refractivity contribution in [2.45, 2.75) is 96.3 Å². The fourth-order valence-corrected chi connectivity index (χ4v) is 7.39. The Bertz CT molecular complexity index is 1840. The first-order valence-electron chi connectivity index (χ1n) is 19.0. The van der Waals surface area contributed by atoms with E-state index in [-0.39, 0.29) is 43.9 Å². The van der Waals surface area contributed by atoms with Gasteiger partial charge >= 0.3 is 0 Å². The van der Waals surface area contributed by atoms with Crippen molar-refractivity contribution in [1.82, 2.24) is 40.9 Å². The van der Waals surface area contributed by atoms with Gasteiger partial charge in [-0.1, -0.05) is 63.1 Å². The number of fused-ring (bicyclic) bond motifs is 1. The molecule has 1 aliphatic heterocycles. The van der Waals surface area contributed by atoms with Crippen LogP contribution >= 0.6 is 0 Å². The molecular weight excluding hydrogens is 704 g/mol. The Hall–Kier alpha value is -5.47. The van der Waals surface area contributed by atoms with Crippen molar-refractivity contribution in [3.63, 3.8) is 0 Å². The molecule has 0 unspecified atom stereocenters. The summed E-state index contributed by atoms with van der Waals surface area (Å²) in [6.07, 6.45) is 3.50. The summed E-state index contributed by atoms with van der Waals surface area (Å²) in [4.78, 5) is 75.1. The number of carbonyl (C=O) groups is 5. The van der Waals surface area contributed by atoms with Gasteiger partial charge in [-0.25, -0.2) is 9.67 Å². The van der Waals surface area contributed by atoms with Gasteiger partial charge in [-0.05, 0) is 63.1 Å². The van der Waals surface area contributed by atoms with E-state index >= 15 is 0 Å². The zero-order valence-electron chi connectivity index (χ0n) is 32.6. The van der Waals surface area contributed by atoms with E-state index in [4.69, 9.17) is 14.5 Å². The van der Waals surface area contributed by atoms with Crippen LogP contribution in [0, 0.1) is 5.92 Å². The van der Waals surface area contributed by atoms with E-state index in [0.717, 1.165) is 24.0 Å². The summed E-state index contributed by atoms with van der Waals surface area (Å²) in [5, 5.41) is 16.1. The van der Waals surface area contributed by atoms with E-state index in [2.05, 4.69) is 26.4 Å². The number of carbonyl (C=O) groups excluding carboxylic acids is 5. The van der Waals surface area contributed by atoms with Crippen LogP contribution in [0.1, 0.15) is 83.6 Å². The van der Waals surface area contributed by atoms with Crippen LogP contribution in [-0.2, 0) is 35.9 Å². The second kappa shape index (κ2) is 18.2. The van der Waals surface area contributed by atoms with Crippen LogP contribution in [-0.4, -0.2) is 95.1 Å². The lowest BCUT2D eigenvalue weighted by atomic mass is 9.77. The van der Waals surface area contributed by atoms with Crippen LogP contribution in [0.25, 0.3) is 11.4 Å². The first kappa shape index (κ1) is 40.7. The van der Waals surface area contributed by atoms with Crippen molar-refractivity contribution in [3.05, 3.63) is 59.9 Å². The SMILES string of the molecule is COc1ccc(C2(C(=O)N3CCCNC(=O)Cn4nc(-c5ccccc5)nc4[C@H](C)NC(=O)[C@@H](CC(C)C)NC(=O)[C@@H](C)NC(=O)C3)CCCC2)cc1OC. The second-order valence-electron chi connectivity index (χ2n) is 14.8. The average molecular weight is 759 g/mol. The number of aromatic nitrogens is 3. The molecule has 1 aromatic heterocycles. The lowest BCUT2D eigenvalue weighted by Gasteiger charge is -2.35. The molecule has 2 heterocycles. The molecule has 2 aromatic carbocycles. The Morgan fingerprint density at radius 3 is 2.24 bits per heavy atom. The smallest absolute Gasteiger partial charge is 0.243 e. The molecule has 55 heavy (non-hydrogen) atoms. The number of ether oxygens (including phenoxy) is 2. The van der Waals surface area contributed by atoms with Crippen molar-refractivity contribution >= 4 is 29.5 Å². The highest BCUT2D eigenvalue weighted by molar-refractivity contribution is 5.95. The summed E-state index contributed by atoms with van der Waals surface area (Å²) in [6, 6.07) is 12.2. The minimum atomic E-state index is -1.01. The maximum atomic E-state index is 14.7. The largest absolute Gasteiger partial charge is 0.493 e. The Labute approximate surface area is 322 Å². The number of nitrogens with one attached hydrogen (secondary N) is 4. The highest BCUT2D eigenvalue weighted by atomic mass is 16.5. The minimum Gasteiger partial charge on any atom is -0.493 e. The molecule has 5 rings (SSSR count). The van der Waals surface area contributed by atoms with Gasteiger partial charge in [-0.15, -0.1) is 0 Å². The number of nitrogens with zero attached hydrogens (tertiary/aromatic N) is 4. The summed E-state index contributed by atoms with van der Waals surface area (Å²) in [5.41, 5.74) is 0.608. The maximum Gasteiger partial charge on any atom is 0.243 e. The maximum absolute atomic E-state index is 14.7. The Kier molecular flexibility index (Phi) is 13.5. The molecule has 1 fully saturated rings. The third-order valence-corrected chi connectivity index (χ3v) is 10.2. The average Bonchev–Trinajstić information content (AvgIpc) is 3.84. The quantitative estimate of drug-likeness (QED) is 0.281. The van der Waals surface area contributed by atoms with Crippen molar-refractivity contribution in [3.8, 4) is 22.9 Å². The van der Waals surface area contributed by atoms with E-state index in [0.29, 0.717) is 48.8 Å². The molecule has 0 spiro atoms. The second-order valence-corrected chi connectivity index (χ2v) is 14.8. The molecule has 3 atom stereocenters. The molecule has 2 aliphatic rings. The van der Waals surface area contributed by atoms with E-state index < -0.39 is 41.3 Å². The summed E-state index contributed by atoms with van der Waals surface area (Å²) >= 11 is 0. The normalized spacial score (nSPS) is 21.6. The standard InChI is InChI=1S/C40H54N8O7/c1-25(2)21-30-38(52)43-26(3)36-45-35(28-13-8-7-9-14-28)46-48(36)24-33(49)41-19-12-20-47(23-34(50)42-27(4)37(51)44-30)39(53)40(17-10-11-18-40)29-15-16-31(54-5)32(22-29)55-6/h7-9,13-16,22,25-27,30H,10-12,17-21,23-24H2,1-6H3,(H,41,49)(H,42,50)(H,43,52)(H,44,51)/t26-,27+,30+/m0/s1. The number of benzene rings is 2. The van der Waals surface area contributed by atoms with Gasteiger partial charge in [-0.3, -0.25) is 24.0 Å². The van der Waals surface area contributed by atoms with Gasteiger partial charge in [0.1, 0.15) is 24.5 Å². The molecular formula is C40H54N8O7. The van der Waals surface area contributed by atoms with Crippen LogP contribution < -0.4 is 30.7 Å². The van der Waals surface area contributed by atoms with Gasteiger partial charge in [-0.2, -0.15) is 5.10 Å². The molecule has 1 saturated carbocycles. The predicted molar refractivity (Wildman–Crippen MR) is 205 cm³/mol. The highest BCUT2D eigenvalue weighted by Crippen LogP contribution is 2.45. The van der Waals surface area contributed by atoms with E-state index in [1.54, 1.807) is 34.1 Å². The summed E-state index contributed by atoms with van der Waals surface area (Å²) in [6.45, 7) is 7.06. The topological polar surface area (TPSA) is 186 Å². The molecule has 3 aromatic rings. The minimum absolute atomic E-state index is 0.0445. The first-order valence-corrected chi connectivity index (χ1v) is 19.0. The molecule has 15 nitrogen and oxygen atoms in total. The van der Waals surface area contributed by atoms with Gasteiger partial charge < -0.3 is 35.6 Å². The molecule has 5 amide bonds. The molecule has 0 saturated heterocycles. The third-order valence-electron chi connectivity index (χ3n) is 10.2. The summed E-state index contributed by atoms with van der Waals surface area (Å²) in [7, 11) is 3.09. The zero-order valence-corrected chi connectivity index (χ0v) is 32.6. The molecule has 4 N–H and O–H groups in total. The number of hydrogen-bond acceptors (Lipinski definition) is 9. The zero-order chi connectivity index (χ0) is 39.7. The van der Waals surface area contributed by atoms with Crippen LogP contribution in [0.5, 0.6) is 11.5 Å². The molecule has 1 aliphatic carbocycles. The lowest BCUT2D eigenvalue weighted by molar-refractivity contribution is -0.141. The first-order chi connectivity index (χ1) is 26.3. The van der Waals surface area contributed by atoms with E-state index in [1.807, 2.05) is 56.3 Å². The van der Waals surface area contributed by atoms with Crippen LogP contribution in [0.4, 0.5) is 0 Å². The lowest BCUT2D eigenvalue weighted by Crippen LogP contribution is -2.55. The fourth-order valence-electron chi connectivity index (χ4n) is 7.39. The van der Waals surface area contributed by atoms with E-state index in [1.165, 1.54) is 9.58 Å². The van der Waals surface area contributed by atoms with Gasteiger partial charge in [0.25, 0.3) is 0 Å². The molecule has 0 bridgehead atoms. The van der Waals surface area contributed by atoms with Gasteiger partial charge in [0.05, 0.1) is 32.2 Å². The number of methoxy groups -OCH3 is 2.